The zero-order valence-electron chi connectivity index (χ0n) is 19.3. The van der Waals surface area contributed by atoms with Crippen molar-refractivity contribution in [1.82, 2.24) is 0 Å². The lowest BCUT2D eigenvalue weighted by Crippen LogP contribution is -2.43. The maximum Gasteiger partial charge on any atom is 0.248 e. The number of carbonyl (C=O) groups is 3. The van der Waals surface area contributed by atoms with Crippen molar-refractivity contribution in [1.29, 1.82) is 0 Å². The summed E-state index contributed by atoms with van der Waals surface area (Å²) in [6, 6.07) is 12.1. The van der Waals surface area contributed by atoms with E-state index in [1.165, 1.54) is 0 Å². The van der Waals surface area contributed by atoms with Crippen LogP contribution in [0.3, 0.4) is 0 Å². The van der Waals surface area contributed by atoms with Gasteiger partial charge in [0, 0.05) is 46.8 Å². The van der Waals surface area contributed by atoms with Crippen molar-refractivity contribution in [3.63, 3.8) is 0 Å². The minimum atomic E-state index is -0.536. The molecule has 2 amide bonds. The largest absolute Gasteiger partial charge is 0.493 e. The number of rotatable bonds is 5. The highest BCUT2D eigenvalue weighted by Crippen LogP contribution is 2.50. The van der Waals surface area contributed by atoms with Crippen molar-refractivity contribution in [3.8, 4) is 11.5 Å². The number of nitrogens with zero attached hydrogens (tertiary/aromatic N) is 1. The van der Waals surface area contributed by atoms with Crippen LogP contribution in [0.4, 0.5) is 5.69 Å². The van der Waals surface area contributed by atoms with Crippen LogP contribution in [-0.2, 0) is 9.59 Å². The minimum Gasteiger partial charge on any atom is -0.493 e. The molecule has 172 valence electrons. The number of carbonyl (C=O) groups excluding carboxylic acids is 3. The normalized spacial score (nSPS) is 19.9. The van der Waals surface area contributed by atoms with E-state index < -0.39 is 11.8 Å². The molecule has 7 nitrogen and oxygen atoms in total. The van der Waals surface area contributed by atoms with Crippen molar-refractivity contribution >= 4 is 23.3 Å². The number of Topliss-reactive ketones (excluding diaryl/α,β-unsaturated/α-hetero) is 1. The van der Waals surface area contributed by atoms with E-state index in [0.717, 1.165) is 5.56 Å². The fraction of sp³-hybridized carbons (Fsp3) is 0.346. The number of benzene rings is 2. The predicted octanol–water partition coefficient (Wildman–Crippen LogP) is 3.97. The highest BCUT2D eigenvalue weighted by molar-refractivity contribution is 6.08. The molecule has 4 rings (SSSR count). The quantitative estimate of drug-likeness (QED) is 0.746. The number of primary amides is 1. The van der Waals surface area contributed by atoms with Crippen molar-refractivity contribution in [2.24, 2.45) is 11.1 Å². The Morgan fingerprint density at radius 2 is 1.73 bits per heavy atom. The number of amides is 2. The Morgan fingerprint density at radius 3 is 2.33 bits per heavy atom. The van der Waals surface area contributed by atoms with Gasteiger partial charge in [-0.15, -0.1) is 0 Å². The van der Waals surface area contributed by atoms with Crippen LogP contribution >= 0.6 is 0 Å². The predicted molar refractivity (Wildman–Crippen MR) is 124 cm³/mol. The van der Waals surface area contributed by atoms with Crippen LogP contribution in [0.15, 0.2) is 53.7 Å². The summed E-state index contributed by atoms with van der Waals surface area (Å²) in [7, 11) is 3.11. The second-order valence-electron chi connectivity index (χ2n) is 9.28. The number of para-hydroxylation sites is 1. The summed E-state index contributed by atoms with van der Waals surface area (Å²) < 4.78 is 11.1. The second-order valence-corrected chi connectivity index (χ2v) is 9.28. The molecule has 0 spiro atoms. The minimum absolute atomic E-state index is 0.0300. The Morgan fingerprint density at radius 1 is 1.03 bits per heavy atom. The SMILES string of the molecule is COc1cccc(C2CC(=O)N(c3ccc(C(N)=O)cc3)C3=C2C(=O)CC(C)(C)C3)c1OC. The third kappa shape index (κ3) is 3.99. The maximum atomic E-state index is 13.5. The van der Waals surface area contributed by atoms with Gasteiger partial charge in [0.25, 0.3) is 0 Å². The fourth-order valence-electron chi connectivity index (χ4n) is 4.94. The lowest BCUT2D eigenvalue weighted by atomic mass is 9.69. The lowest BCUT2D eigenvalue weighted by Gasteiger charge is -2.43. The molecule has 33 heavy (non-hydrogen) atoms. The molecule has 1 unspecified atom stereocenters. The highest BCUT2D eigenvalue weighted by Gasteiger charge is 2.45. The third-order valence-electron chi connectivity index (χ3n) is 6.36. The first-order chi connectivity index (χ1) is 15.7. The van der Waals surface area contributed by atoms with E-state index in [2.05, 4.69) is 0 Å². The summed E-state index contributed by atoms with van der Waals surface area (Å²) >= 11 is 0. The van der Waals surface area contributed by atoms with Crippen LogP contribution in [0, 0.1) is 5.41 Å². The number of anilines is 1. The Kier molecular flexibility index (Phi) is 5.74. The zero-order valence-corrected chi connectivity index (χ0v) is 19.3. The van der Waals surface area contributed by atoms with Gasteiger partial charge in [-0.1, -0.05) is 26.0 Å². The van der Waals surface area contributed by atoms with E-state index in [0.29, 0.717) is 46.9 Å². The summed E-state index contributed by atoms with van der Waals surface area (Å²) in [5, 5.41) is 0. The van der Waals surface area contributed by atoms with Gasteiger partial charge < -0.3 is 15.2 Å². The second kappa shape index (κ2) is 8.39. The summed E-state index contributed by atoms with van der Waals surface area (Å²) in [4.78, 5) is 40.1. The molecule has 2 N–H and O–H groups in total. The van der Waals surface area contributed by atoms with E-state index in [-0.39, 0.29) is 23.5 Å². The van der Waals surface area contributed by atoms with Gasteiger partial charge in [0.15, 0.2) is 17.3 Å². The van der Waals surface area contributed by atoms with E-state index in [9.17, 15) is 14.4 Å². The van der Waals surface area contributed by atoms with E-state index >= 15 is 0 Å². The molecule has 2 aromatic rings. The van der Waals surface area contributed by atoms with Gasteiger partial charge in [0.05, 0.1) is 14.2 Å². The van der Waals surface area contributed by atoms with Crippen molar-refractivity contribution < 1.29 is 23.9 Å². The summed E-state index contributed by atoms with van der Waals surface area (Å²) in [6.07, 6.45) is 1.09. The van der Waals surface area contributed by atoms with Crippen LogP contribution in [0.1, 0.15) is 54.9 Å². The monoisotopic (exact) mass is 448 g/mol. The number of nitrogens with two attached hydrogens (primary N) is 1. The van der Waals surface area contributed by atoms with Gasteiger partial charge in [-0.25, -0.2) is 0 Å². The molecule has 2 aliphatic rings. The van der Waals surface area contributed by atoms with Gasteiger partial charge in [-0.2, -0.15) is 0 Å². The highest BCUT2D eigenvalue weighted by atomic mass is 16.5. The number of methoxy groups -OCH3 is 2. The average Bonchev–Trinajstić information content (AvgIpc) is 2.77. The number of ketones is 1. The Balaban J connectivity index is 1.90. The van der Waals surface area contributed by atoms with E-state index in [1.807, 2.05) is 26.0 Å². The summed E-state index contributed by atoms with van der Waals surface area (Å²) in [6.45, 7) is 4.06. The number of hydrogen-bond donors (Lipinski definition) is 1. The smallest absolute Gasteiger partial charge is 0.248 e. The van der Waals surface area contributed by atoms with E-state index in [4.69, 9.17) is 15.2 Å². The van der Waals surface area contributed by atoms with Gasteiger partial charge in [-0.05, 0) is 42.2 Å². The van der Waals surface area contributed by atoms with Crippen molar-refractivity contribution in [3.05, 3.63) is 64.9 Å². The molecular formula is C26H28N2O5. The molecule has 0 aromatic heterocycles. The van der Waals surface area contributed by atoms with Gasteiger partial charge in [0.2, 0.25) is 11.8 Å². The molecule has 2 aromatic carbocycles. The molecule has 0 bridgehead atoms. The molecule has 0 radical (unpaired) electrons. The molecule has 0 saturated carbocycles. The zero-order chi connectivity index (χ0) is 23.9. The Labute approximate surface area is 193 Å². The molecule has 7 heteroatoms. The van der Waals surface area contributed by atoms with Crippen LogP contribution in [-0.4, -0.2) is 31.8 Å². The number of allylic oxidation sites excluding steroid dienone is 2. The van der Waals surface area contributed by atoms with Crippen LogP contribution < -0.4 is 20.1 Å². The van der Waals surface area contributed by atoms with E-state index in [1.54, 1.807) is 49.5 Å². The van der Waals surface area contributed by atoms with Gasteiger partial charge in [0.1, 0.15) is 0 Å². The first kappa shape index (κ1) is 22.6. The molecule has 0 saturated heterocycles. The molecule has 1 aliphatic carbocycles. The van der Waals surface area contributed by atoms with Crippen molar-refractivity contribution in [2.45, 2.75) is 39.0 Å². The van der Waals surface area contributed by atoms with Crippen LogP contribution in [0.25, 0.3) is 0 Å². The molecule has 1 heterocycles. The van der Waals surface area contributed by atoms with Crippen LogP contribution in [0.2, 0.25) is 0 Å². The first-order valence-corrected chi connectivity index (χ1v) is 10.9. The molecule has 0 fully saturated rings. The first-order valence-electron chi connectivity index (χ1n) is 10.9. The van der Waals surface area contributed by atoms with Crippen molar-refractivity contribution in [2.75, 3.05) is 19.1 Å². The fourth-order valence-corrected chi connectivity index (χ4v) is 4.94. The van der Waals surface area contributed by atoms with Crippen LogP contribution in [0.5, 0.6) is 11.5 Å². The average molecular weight is 449 g/mol. The molecule has 1 atom stereocenters. The molecular weight excluding hydrogens is 420 g/mol. The summed E-state index contributed by atoms with van der Waals surface area (Å²) in [5.41, 5.74) is 8.15. The molecule has 1 aliphatic heterocycles. The number of hydrogen-bond acceptors (Lipinski definition) is 5. The lowest BCUT2D eigenvalue weighted by molar-refractivity contribution is -0.121. The maximum absolute atomic E-state index is 13.5. The topological polar surface area (TPSA) is 98.9 Å². The number of ether oxygens (including phenoxy) is 2. The van der Waals surface area contributed by atoms with Gasteiger partial charge >= 0.3 is 0 Å². The summed E-state index contributed by atoms with van der Waals surface area (Å²) in [5.74, 6) is 0.0235. The third-order valence-corrected chi connectivity index (χ3v) is 6.36. The Bertz CT molecular complexity index is 1160. The van der Waals surface area contributed by atoms with Gasteiger partial charge in [-0.3, -0.25) is 19.3 Å². The Hall–Kier alpha value is -3.61. The standard InChI is InChI=1S/C26H28N2O5/c1-26(2)13-19-23(20(29)14-26)18(17-6-5-7-21(32-3)24(17)33-4)12-22(30)28(19)16-10-8-15(9-11-16)25(27)31/h5-11,18H,12-14H2,1-4H3,(H2,27,31).